The molecule has 9 heteroatoms. The first-order valence-corrected chi connectivity index (χ1v) is 11.8. The number of benzene rings is 2. The normalized spacial score (nSPS) is 12.5. The zero-order valence-electron chi connectivity index (χ0n) is 17.7. The van der Waals surface area contributed by atoms with E-state index in [0.29, 0.717) is 22.0 Å². The molecule has 1 atom stereocenters. The van der Waals surface area contributed by atoms with E-state index in [-0.39, 0.29) is 10.6 Å². The molecule has 4 aromatic rings. The van der Waals surface area contributed by atoms with Crippen molar-refractivity contribution in [2.24, 2.45) is 0 Å². The average Bonchev–Trinajstić information content (AvgIpc) is 2.79. The fourth-order valence-corrected chi connectivity index (χ4v) is 4.03. The van der Waals surface area contributed by atoms with Crippen molar-refractivity contribution in [3.63, 3.8) is 0 Å². The zero-order valence-corrected chi connectivity index (χ0v) is 18.5. The first kappa shape index (κ1) is 22.5. The van der Waals surface area contributed by atoms with Crippen LogP contribution in [0.4, 0.5) is 8.78 Å². The number of fused-ring (bicyclic) bond motifs is 1. The van der Waals surface area contributed by atoms with Gasteiger partial charge < -0.3 is 5.32 Å². The molecule has 33 heavy (non-hydrogen) atoms. The lowest BCUT2D eigenvalue weighted by Crippen LogP contribution is -2.27. The highest BCUT2D eigenvalue weighted by molar-refractivity contribution is 7.90. The van der Waals surface area contributed by atoms with Crippen LogP contribution in [0, 0.1) is 11.6 Å². The van der Waals surface area contributed by atoms with E-state index in [2.05, 4.69) is 15.3 Å². The highest BCUT2D eigenvalue weighted by atomic mass is 32.2. The maximum atomic E-state index is 13.8. The van der Waals surface area contributed by atoms with Crippen molar-refractivity contribution < 1.29 is 22.0 Å². The Bertz CT molecular complexity index is 1470. The lowest BCUT2D eigenvalue weighted by atomic mass is 10.0. The van der Waals surface area contributed by atoms with Gasteiger partial charge in [-0.15, -0.1) is 0 Å². The summed E-state index contributed by atoms with van der Waals surface area (Å²) in [6, 6.07) is 12.6. The van der Waals surface area contributed by atoms with E-state index >= 15 is 0 Å². The number of hydrogen-bond acceptors (Lipinski definition) is 5. The summed E-state index contributed by atoms with van der Waals surface area (Å²) in [4.78, 5) is 21.6. The van der Waals surface area contributed by atoms with Crippen LogP contribution < -0.4 is 5.32 Å². The highest BCUT2D eigenvalue weighted by Crippen LogP contribution is 2.28. The van der Waals surface area contributed by atoms with E-state index in [9.17, 15) is 22.0 Å². The molecule has 2 aromatic heterocycles. The second-order valence-corrected chi connectivity index (χ2v) is 9.64. The summed E-state index contributed by atoms with van der Waals surface area (Å²) in [5.74, 6) is -2.39. The molecule has 0 saturated heterocycles. The molecule has 2 heterocycles. The Kier molecular flexibility index (Phi) is 5.90. The van der Waals surface area contributed by atoms with Crippen molar-refractivity contribution in [1.82, 2.24) is 15.3 Å². The van der Waals surface area contributed by atoms with Gasteiger partial charge in [-0.2, -0.15) is 0 Å². The molecule has 6 nitrogen and oxygen atoms in total. The number of hydrogen-bond donors (Lipinski definition) is 1. The zero-order chi connectivity index (χ0) is 23.8. The van der Waals surface area contributed by atoms with Gasteiger partial charge in [-0.3, -0.25) is 9.78 Å². The lowest BCUT2D eigenvalue weighted by Gasteiger charge is -2.15. The van der Waals surface area contributed by atoms with Crippen LogP contribution in [0.3, 0.4) is 0 Å². The topological polar surface area (TPSA) is 89.0 Å². The molecule has 0 radical (unpaired) electrons. The van der Waals surface area contributed by atoms with Gasteiger partial charge >= 0.3 is 0 Å². The molecule has 2 aromatic carbocycles. The van der Waals surface area contributed by atoms with Crippen molar-refractivity contribution in [2.75, 3.05) is 6.26 Å². The van der Waals surface area contributed by atoms with Gasteiger partial charge in [-0.1, -0.05) is 18.2 Å². The number of halogens is 2. The average molecular weight is 467 g/mol. The number of rotatable bonds is 5. The fraction of sp³-hybridized carbons (Fsp3) is 0.125. The molecule has 0 aliphatic heterocycles. The third-order valence-corrected chi connectivity index (χ3v) is 6.35. The highest BCUT2D eigenvalue weighted by Gasteiger charge is 2.16. The third kappa shape index (κ3) is 4.73. The van der Waals surface area contributed by atoms with Crippen molar-refractivity contribution in [2.45, 2.75) is 17.9 Å². The number of carbonyl (C=O) groups excluding carboxylic acids is 1. The summed E-state index contributed by atoms with van der Waals surface area (Å²) < 4.78 is 50.4. The van der Waals surface area contributed by atoms with Crippen molar-refractivity contribution in [3.05, 3.63) is 89.9 Å². The smallest absolute Gasteiger partial charge is 0.270 e. The van der Waals surface area contributed by atoms with Crippen LogP contribution in [-0.4, -0.2) is 30.5 Å². The minimum absolute atomic E-state index is 0.136. The summed E-state index contributed by atoms with van der Waals surface area (Å²) >= 11 is 0. The standard InChI is InChI=1S/C24H19F2N3O3S/c1-14(15-3-7-18(8-4-15)33(2,31)32)28-24(30)22-10-6-17-12-27-13-19(23(17)29-22)16-5-9-20(25)21(26)11-16/h3-14H,1-2H3,(H,28,30). The Morgan fingerprint density at radius 1 is 0.970 bits per heavy atom. The lowest BCUT2D eigenvalue weighted by molar-refractivity contribution is 0.0935. The first-order chi connectivity index (χ1) is 15.6. The van der Waals surface area contributed by atoms with Gasteiger partial charge in [0.15, 0.2) is 21.5 Å². The van der Waals surface area contributed by atoms with E-state index < -0.39 is 33.4 Å². The van der Waals surface area contributed by atoms with Crippen LogP contribution in [0.1, 0.15) is 29.0 Å². The van der Waals surface area contributed by atoms with Crippen LogP contribution in [-0.2, 0) is 9.84 Å². The number of nitrogens with one attached hydrogen (secondary N) is 1. The summed E-state index contributed by atoms with van der Waals surface area (Å²) in [5, 5.41) is 3.47. The molecule has 1 N–H and O–H groups in total. The Morgan fingerprint density at radius 3 is 2.36 bits per heavy atom. The number of nitrogens with zero attached hydrogens (tertiary/aromatic N) is 2. The van der Waals surface area contributed by atoms with Gasteiger partial charge in [0.2, 0.25) is 0 Å². The molecule has 4 rings (SSSR count). The van der Waals surface area contributed by atoms with Gasteiger partial charge in [-0.05, 0) is 54.4 Å². The molecule has 1 unspecified atom stereocenters. The quantitative estimate of drug-likeness (QED) is 0.468. The van der Waals surface area contributed by atoms with Gasteiger partial charge in [0.25, 0.3) is 5.91 Å². The van der Waals surface area contributed by atoms with E-state index in [0.717, 1.165) is 24.0 Å². The number of amides is 1. The Hall–Kier alpha value is -3.72. The van der Waals surface area contributed by atoms with Crippen LogP contribution in [0.5, 0.6) is 0 Å². The maximum Gasteiger partial charge on any atom is 0.270 e. The maximum absolute atomic E-state index is 13.8. The number of sulfone groups is 1. The van der Waals surface area contributed by atoms with Crippen LogP contribution in [0.25, 0.3) is 22.0 Å². The molecule has 0 spiro atoms. The monoisotopic (exact) mass is 467 g/mol. The van der Waals surface area contributed by atoms with Gasteiger partial charge in [-0.25, -0.2) is 22.2 Å². The minimum Gasteiger partial charge on any atom is -0.344 e. The Labute approximate surface area is 189 Å². The number of carbonyl (C=O) groups is 1. The van der Waals surface area contributed by atoms with E-state index in [1.165, 1.54) is 24.4 Å². The van der Waals surface area contributed by atoms with E-state index in [1.54, 1.807) is 37.4 Å². The molecule has 1 amide bonds. The number of aromatic nitrogens is 2. The van der Waals surface area contributed by atoms with Crippen LogP contribution in [0.2, 0.25) is 0 Å². The van der Waals surface area contributed by atoms with Gasteiger partial charge in [0.1, 0.15) is 5.69 Å². The summed E-state index contributed by atoms with van der Waals surface area (Å²) in [6.45, 7) is 1.77. The van der Waals surface area contributed by atoms with Crippen LogP contribution in [0.15, 0.2) is 71.9 Å². The Morgan fingerprint density at radius 2 is 1.70 bits per heavy atom. The van der Waals surface area contributed by atoms with E-state index in [1.807, 2.05) is 0 Å². The summed E-state index contributed by atoms with van der Waals surface area (Å²) in [5.41, 5.74) is 2.14. The Balaban J connectivity index is 1.63. The second kappa shape index (κ2) is 8.67. The molecule has 0 aliphatic rings. The van der Waals surface area contributed by atoms with Crippen molar-refractivity contribution >= 4 is 26.6 Å². The second-order valence-electron chi connectivity index (χ2n) is 7.62. The molecular formula is C24H19F2N3O3S. The molecule has 0 bridgehead atoms. The molecule has 168 valence electrons. The largest absolute Gasteiger partial charge is 0.344 e. The SMILES string of the molecule is CC(NC(=O)c1ccc2cncc(-c3ccc(F)c(F)c3)c2n1)c1ccc(S(C)(=O)=O)cc1. The first-order valence-electron chi connectivity index (χ1n) is 9.94. The summed E-state index contributed by atoms with van der Waals surface area (Å²) in [7, 11) is -3.31. The van der Waals surface area contributed by atoms with E-state index in [4.69, 9.17) is 0 Å². The summed E-state index contributed by atoms with van der Waals surface area (Å²) in [6.07, 6.45) is 4.18. The van der Waals surface area contributed by atoms with Crippen LogP contribution >= 0.6 is 0 Å². The molecular weight excluding hydrogens is 448 g/mol. The third-order valence-electron chi connectivity index (χ3n) is 5.22. The minimum atomic E-state index is -3.31. The predicted octanol–water partition coefficient (Wildman–Crippen LogP) is 4.47. The molecule has 0 aliphatic carbocycles. The molecule has 0 saturated carbocycles. The molecule has 0 fully saturated rings. The van der Waals surface area contributed by atoms with Gasteiger partial charge in [0.05, 0.1) is 16.5 Å². The van der Waals surface area contributed by atoms with Gasteiger partial charge in [0, 0.05) is 29.6 Å². The van der Waals surface area contributed by atoms with Crippen molar-refractivity contribution in [1.29, 1.82) is 0 Å². The fourth-order valence-electron chi connectivity index (χ4n) is 3.40. The van der Waals surface area contributed by atoms with Crippen molar-refractivity contribution in [3.8, 4) is 11.1 Å². The predicted molar refractivity (Wildman–Crippen MR) is 120 cm³/mol. The number of pyridine rings is 2.